The molecule has 0 aliphatic heterocycles. The normalized spacial score (nSPS) is 10.2. The SMILES string of the molecule is COc1ccc(OC)c(CNC(=S)c2cc(Cl)cc(Cl)c2)c1. The minimum absolute atomic E-state index is 0.503. The van der Waals surface area contributed by atoms with Crippen molar-refractivity contribution in [2.45, 2.75) is 6.54 Å². The first-order valence-electron chi connectivity index (χ1n) is 6.48. The Kier molecular flexibility index (Phi) is 5.89. The molecule has 0 aliphatic rings. The summed E-state index contributed by atoms with van der Waals surface area (Å²) in [5.41, 5.74) is 1.71. The molecule has 0 aliphatic carbocycles. The summed E-state index contributed by atoms with van der Waals surface area (Å²) in [4.78, 5) is 0.564. The zero-order valence-corrected chi connectivity index (χ0v) is 14.5. The van der Waals surface area contributed by atoms with Gasteiger partial charge in [0.05, 0.1) is 14.2 Å². The van der Waals surface area contributed by atoms with Crippen molar-refractivity contribution in [2.24, 2.45) is 0 Å². The van der Waals surface area contributed by atoms with Crippen LogP contribution < -0.4 is 14.8 Å². The van der Waals surface area contributed by atoms with Crippen molar-refractivity contribution in [1.82, 2.24) is 5.32 Å². The van der Waals surface area contributed by atoms with Gasteiger partial charge in [0.2, 0.25) is 0 Å². The predicted molar refractivity (Wildman–Crippen MR) is 94.5 cm³/mol. The highest BCUT2D eigenvalue weighted by Gasteiger charge is 2.08. The van der Waals surface area contributed by atoms with E-state index in [1.165, 1.54) is 0 Å². The quantitative estimate of drug-likeness (QED) is 0.801. The summed E-state index contributed by atoms with van der Waals surface area (Å²) in [7, 11) is 3.25. The van der Waals surface area contributed by atoms with Gasteiger partial charge in [-0.1, -0.05) is 35.4 Å². The van der Waals surface area contributed by atoms with E-state index in [0.717, 1.165) is 22.6 Å². The van der Waals surface area contributed by atoms with E-state index in [1.54, 1.807) is 32.4 Å². The van der Waals surface area contributed by atoms with Crippen LogP contribution in [0, 0.1) is 0 Å². The maximum atomic E-state index is 5.99. The van der Waals surface area contributed by atoms with Crippen LogP contribution in [0.1, 0.15) is 11.1 Å². The molecule has 0 amide bonds. The van der Waals surface area contributed by atoms with Gasteiger partial charge in [0.1, 0.15) is 16.5 Å². The maximum absolute atomic E-state index is 5.99. The zero-order valence-electron chi connectivity index (χ0n) is 12.2. The molecule has 2 rings (SSSR count). The first kappa shape index (κ1) is 16.9. The molecule has 6 heteroatoms. The lowest BCUT2D eigenvalue weighted by Gasteiger charge is -2.13. The van der Waals surface area contributed by atoms with Crippen LogP contribution in [0.15, 0.2) is 36.4 Å². The summed E-state index contributed by atoms with van der Waals surface area (Å²) < 4.78 is 10.6. The molecule has 0 saturated heterocycles. The van der Waals surface area contributed by atoms with Crippen molar-refractivity contribution >= 4 is 40.4 Å². The van der Waals surface area contributed by atoms with Gasteiger partial charge in [0.15, 0.2) is 0 Å². The summed E-state index contributed by atoms with van der Waals surface area (Å²) in [5, 5.41) is 4.27. The Labute approximate surface area is 145 Å². The fourth-order valence-electron chi connectivity index (χ4n) is 1.98. The number of halogens is 2. The van der Waals surface area contributed by atoms with E-state index in [4.69, 9.17) is 44.9 Å². The third-order valence-corrected chi connectivity index (χ3v) is 3.87. The summed E-state index contributed by atoms with van der Waals surface area (Å²) in [6.07, 6.45) is 0. The van der Waals surface area contributed by atoms with E-state index in [0.29, 0.717) is 21.6 Å². The van der Waals surface area contributed by atoms with Gasteiger partial charge in [-0.15, -0.1) is 0 Å². The Morgan fingerprint density at radius 1 is 1.05 bits per heavy atom. The number of hydrogen-bond acceptors (Lipinski definition) is 3. The zero-order chi connectivity index (χ0) is 16.1. The van der Waals surface area contributed by atoms with E-state index in [9.17, 15) is 0 Å². The molecule has 2 aromatic rings. The largest absolute Gasteiger partial charge is 0.497 e. The monoisotopic (exact) mass is 355 g/mol. The van der Waals surface area contributed by atoms with Crippen LogP contribution in [0.25, 0.3) is 0 Å². The second kappa shape index (κ2) is 7.68. The Balaban J connectivity index is 2.13. The van der Waals surface area contributed by atoms with Crippen LogP contribution in [-0.2, 0) is 6.54 Å². The molecule has 3 nitrogen and oxygen atoms in total. The van der Waals surface area contributed by atoms with Crippen LogP contribution in [0.5, 0.6) is 11.5 Å². The second-order valence-electron chi connectivity index (χ2n) is 4.52. The molecule has 0 unspecified atom stereocenters. The van der Waals surface area contributed by atoms with Crippen LogP contribution in [-0.4, -0.2) is 19.2 Å². The van der Waals surface area contributed by atoms with E-state index in [1.807, 2.05) is 18.2 Å². The Hall–Kier alpha value is -1.49. The molecule has 0 bridgehead atoms. The number of hydrogen-bond donors (Lipinski definition) is 1. The molecular formula is C16H15Cl2NO2S. The lowest BCUT2D eigenvalue weighted by atomic mass is 10.1. The fraction of sp³-hybridized carbons (Fsp3) is 0.188. The van der Waals surface area contributed by atoms with Crippen LogP contribution in [0.2, 0.25) is 10.0 Å². The predicted octanol–water partition coefficient (Wildman–Crippen LogP) is 4.48. The third kappa shape index (κ3) is 4.26. The van der Waals surface area contributed by atoms with E-state index in [2.05, 4.69) is 5.32 Å². The van der Waals surface area contributed by atoms with Crippen LogP contribution in [0.3, 0.4) is 0 Å². The molecule has 0 saturated carbocycles. The van der Waals surface area contributed by atoms with E-state index in [-0.39, 0.29) is 0 Å². The number of nitrogens with one attached hydrogen (secondary N) is 1. The molecular weight excluding hydrogens is 341 g/mol. The van der Waals surface area contributed by atoms with Crippen molar-refractivity contribution < 1.29 is 9.47 Å². The van der Waals surface area contributed by atoms with Crippen LogP contribution >= 0.6 is 35.4 Å². The van der Waals surface area contributed by atoms with Crippen molar-refractivity contribution in [1.29, 1.82) is 0 Å². The lowest BCUT2D eigenvalue weighted by molar-refractivity contribution is 0.398. The summed E-state index contributed by atoms with van der Waals surface area (Å²) in [5.74, 6) is 1.52. The van der Waals surface area contributed by atoms with Gasteiger partial charge in [-0.3, -0.25) is 0 Å². The van der Waals surface area contributed by atoms with Gasteiger partial charge >= 0.3 is 0 Å². The molecule has 2 aromatic carbocycles. The molecule has 0 spiro atoms. The molecule has 0 radical (unpaired) electrons. The molecule has 0 heterocycles. The highest BCUT2D eigenvalue weighted by Crippen LogP contribution is 2.24. The van der Waals surface area contributed by atoms with Gasteiger partial charge in [-0.2, -0.15) is 0 Å². The number of ether oxygens (including phenoxy) is 2. The Morgan fingerprint density at radius 2 is 1.73 bits per heavy atom. The van der Waals surface area contributed by atoms with Crippen molar-refractivity contribution in [3.63, 3.8) is 0 Å². The van der Waals surface area contributed by atoms with Crippen molar-refractivity contribution in [2.75, 3.05) is 14.2 Å². The molecule has 1 N–H and O–H groups in total. The molecule has 116 valence electrons. The average molecular weight is 356 g/mol. The van der Waals surface area contributed by atoms with Gasteiger partial charge in [-0.25, -0.2) is 0 Å². The summed E-state index contributed by atoms with van der Waals surface area (Å²) >= 11 is 17.4. The molecule has 0 fully saturated rings. The molecule has 0 atom stereocenters. The number of rotatable bonds is 5. The van der Waals surface area contributed by atoms with Crippen molar-refractivity contribution in [3.05, 3.63) is 57.6 Å². The standard InChI is InChI=1S/C16H15Cl2NO2S/c1-20-14-3-4-15(21-2)11(7-14)9-19-16(22)10-5-12(17)8-13(18)6-10/h3-8H,9H2,1-2H3,(H,19,22). The minimum Gasteiger partial charge on any atom is -0.497 e. The topological polar surface area (TPSA) is 30.5 Å². The molecule has 0 aromatic heterocycles. The minimum atomic E-state index is 0.503. The van der Waals surface area contributed by atoms with Crippen molar-refractivity contribution in [3.8, 4) is 11.5 Å². The summed E-state index contributed by atoms with van der Waals surface area (Å²) in [6, 6.07) is 10.8. The highest BCUT2D eigenvalue weighted by atomic mass is 35.5. The smallest absolute Gasteiger partial charge is 0.124 e. The number of methoxy groups -OCH3 is 2. The van der Waals surface area contributed by atoms with E-state index < -0.39 is 0 Å². The Morgan fingerprint density at radius 3 is 2.32 bits per heavy atom. The number of thiocarbonyl (C=S) groups is 1. The van der Waals surface area contributed by atoms with Gasteiger partial charge in [0.25, 0.3) is 0 Å². The number of benzene rings is 2. The van der Waals surface area contributed by atoms with Gasteiger partial charge < -0.3 is 14.8 Å². The van der Waals surface area contributed by atoms with E-state index >= 15 is 0 Å². The lowest BCUT2D eigenvalue weighted by Crippen LogP contribution is -2.22. The first-order chi connectivity index (χ1) is 10.5. The van der Waals surface area contributed by atoms with Gasteiger partial charge in [0, 0.05) is 27.7 Å². The Bertz CT molecular complexity index is 672. The maximum Gasteiger partial charge on any atom is 0.124 e. The van der Waals surface area contributed by atoms with Gasteiger partial charge in [-0.05, 0) is 36.4 Å². The second-order valence-corrected chi connectivity index (χ2v) is 5.80. The summed E-state index contributed by atoms with van der Waals surface area (Å²) in [6.45, 7) is 0.503. The average Bonchev–Trinajstić information content (AvgIpc) is 2.51. The fourth-order valence-corrected chi connectivity index (χ4v) is 2.70. The first-order valence-corrected chi connectivity index (χ1v) is 7.65. The highest BCUT2D eigenvalue weighted by molar-refractivity contribution is 7.80. The molecule has 22 heavy (non-hydrogen) atoms. The third-order valence-electron chi connectivity index (χ3n) is 3.05. The van der Waals surface area contributed by atoms with Crippen LogP contribution in [0.4, 0.5) is 0 Å².